The van der Waals surface area contributed by atoms with Gasteiger partial charge in [-0.2, -0.15) is 0 Å². The number of benzene rings is 2. The lowest BCUT2D eigenvalue weighted by molar-refractivity contribution is 0.0939. The summed E-state index contributed by atoms with van der Waals surface area (Å²) < 4.78 is 31.6. The molecule has 1 aliphatic heterocycles. The average molecular weight is 416 g/mol. The number of nitrogens with zero attached hydrogens (tertiary/aromatic N) is 4. The molecular weight excluding hydrogens is 394 g/mol. The van der Waals surface area contributed by atoms with Gasteiger partial charge < -0.3 is 5.11 Å². The first-order chi connectivity index (χ1) is 14.1. The number of hydrogen-bond donors (Lipinski definition) is 1. The summed E-state index contributed by atoms with van der Waals surface area (Å²) in [5, 5.41) is 14.2. The minimum Gasteiger partial charge on any atom is -0.396 e. The van der Waals surface area contributed by atoms with Gasteiger partial charge in [-0.15, -0.1) is 5.10 Å². The van der Waals surface area contributed by atoms with E-state index >= 15 is 0 Å². The molecule has 8 heteroatoms. The Morgan fingerprint density at radius 2 is 1.93 bits per heavy atom. The first-order valence-electron chi connectivity index (χ1n) is 9.60. The summed E-state index contributed by atoms with van der Waals surface area (Å²) in [5.41, 5.74) is 0.946. The first kappa shape index (κ1) is 19.9. The number of aromatic nitrogens is 3. The van der Waals surface area contributed by atoms with E-state index in [4.69, 9.17) is 12.2 Å². The normalized spacial score (nSPS) is 17.6. The molecule has 1 saturated heterocycles. The van der Waals surface area contributed by atoms with Crippen molar-refractivity contribution in [3.05, 3.63) is 64.9 Å². The minimum absolute atomic E-state index is 0.159. The summed E-state index contributed by atoms with van der Waals surface area (Å²) in [7, 11) is 0. The monoisotopic (exact) mass is 416 g/mol. The maximum absolute atomic E-state index is 14.6. The van der Waals surface area contributed by atoms with Gasteiger partial charge >= 0.3 is 0 Å². The van der Waals surface area contributed by atoms with Crippen LogP contribution in [-0.2, 0) is 6.67 Å². The lowest BCUT2D eigenvalue weighted by Gasteiger charge is -2.31. The second kappa shape index (κ2) is 8.52. The van der Waals surface area contributed by atoms with Crippen LogP contribution >= 0.6 is 12.2 Å². The molecule has 0 bridgehead atoms. The van der Waals surface area contributed by atoms with E-state index in [1.165, 1.54) is 12.1 Å². The molecule has 0 spiro atoms. The third-order valence-electron chi connectivity index (χ3n) is 5.22. The van der Waals surface area contributed by atoms with Crippen molar-refractivity contribution in [2.45, 2.75) is 19.5 Å². The van der Waals surface area contributed by atoms with E-state index in [9.17, 15) is 13.9 Å². The SMILES string of the molecule is OC[C@@H]1CCCN(Cn2nc(-c3ccccc3)n(-c3ccc(F)cc3F)c2=S)C1. The lowest BCUT2D eigenvalue weighted by Crippen LogP contribution is -2.38. The predicted molar refractivity (Wildman–Crippen MR) is 109 cm³/mol. The fraction of sp³-hybridized carbons (Fsp3) is 0.333. The number of likely N-dealkylation sites (tertiary alicyclic amines) is 1. The number of halogens is 2. The van der Waals surface area contributed by atoms with Gasteiger partial charge in [0.2, 0.25) is 4.77 Å². The van der Waals surface area contributed by atoms with Gasteiger partial charge in [0.1, 0.15) is 11.6 Å². The molecule has 1 aliphatic rings. The van der Waals surface area contributed by atoms with Crippen molar-refractivity contribution in [2.75, 3.05) is 19.7 Å². The third-order valence-corrected chi connectivity index (χ3v) is 5.61. The van der Waals surface area contributed by atoms with Gasteiger partial charge in [-0.25, -0.2) is 13.5 Å². The molecular formula is C21H22F2N4OS. The third kappa shape index (κ3) is 4.14. The van der Waals surface area contributed by atoms with Gasteiger partial charge in [-0.05, 0) is 49.7 Å². The molecule has 3 aromatic rings. The quantitative estimate of drug-likeness (QED) is 0.639. The summed E-state index contributed by atoms with van der Waals surface area (Å²) >= 11 is 5.64. The van der Waals surface area contributed by atoms with E-state index in [0.29, 0.717) is 17.3 Å². The highest BCUT2D eigenvalue weighted by molar-refractivity contribution is 7.71. The summed E-state index contributed by atoms with van der Waals surface area (Å²) in [6.45, 7) is 2.25. The van der Waals surface area contributed by atoms with Crippen LogP contribution in [-0.4, -0.2) is 44.1 Å². The van der Waals surface area contributed by atoms with Crippen LogP contribution < -0.4 is 0 Å². The van der Waals surface area contributed by atoms with Crippen LogP contribution in [0.1, 0.15) is 12.8 Å². The Morgan fingerprint density at radius 3 is 2.66 bits per heavy atom. The summed E-state index contributed by atoms with van der Waals surface area (Å²) in [6.07, 6.45) is 2.00. The van der Waals surface area contributed by atoms with Gasteiger partial charge in [0.25, 0.3) is 0 Å². The molecule has 1 fully saturated rings. The smallest absolute Gasteiger partial charge is 0.204 e. The number of piperidine rings is 1. The molecule has 1 atom stereocenters. The minimum atomic E-state index is -0.698. The van der Waals surface area contributed by atoms with Crippen molar-refractivity contribution in [1.29, 1.82) is 0 Å². The molecule has 0 unspecified atom stereocenters. The van der Waals surface area contributed by atoms with Crippen molar-refractivity contribution in [2.24, 2.45) is 5.92 Å². The number of rotatable bonds is 5. The van der Waals surface area contributed by atoms with Gasteiger partial charge in [0.15, 0.2) is 5.82 Å². The molecule has 0 radical (unpaired) electrons. The number of hydrogen-bond acceptors (Lipinski definition) is 4. The largest absolute Gasteiger partial charge is 0.396 e. The van der Waals surface area contributed by atoms with Crippen LogP contribution in [0.2, 0.25) is 0 Å². The molecule has 2 heterocycles. The molecule has 1 N–H and O–H groups in total. The maximum Gasteiger partial charge on any atom is 0.204 e. The lowest BCUT2D eigenvalue weighted by atomic mass is 10.00. The van der Waals surface area contributed by atoms with Crippen LogP contribution in [0.25, 0.3) is 17.1 Å². The van der Waals surface area contributed by atoms with E-state index in [1.54, 1.807) is 9.25 Å². The zero-order chi connectivity index (χ0) is 20.4. The van der Waals surface area contributed by atoms with Gasteiger partial charge in [-0.1, -0.05) is 30.3 Å². The van der Waals surface area contributed by atoms with E-state index in [-0.39, 0.29) is 18.2 Å². The van der Waals surface area contributed by atoms with E-state index < -0.39 is 11.6 Å². The Bertz CT molecular complexity index is 1050. The predicted octanol–water partition coefficient (Wildman–Crippen LogP) is 4.01. The van der Waals surface area contributed by atoms with Crippen molar-refractivity contribution in [1.82, 2.24) is 19.2 Å². The Morgan fingerprint density at radius 1 is 1.14 bits per heavy atom. The topological polar surface area (TPSA) is 46.2 Å². The second-order valence-electron chi connectivity index (χ2n) is 7.31. The van der Waals surface area contributed by atoms with E-state index in [2.05, 4.69) is 10.00 Å². The van der Waals surface area contributed by atoms with Gasteiger partial charge in [0, 0.05) is 24.8 Å². The Kier molecular flexibility index (Phi) is 5.84. The maximum atomic E-state index is 14.6. The fourth-order valence-corrected chi connectivity index (χ4v) is 4.06. The summed E-state index contributed by atoms with van der Waals surface area (Å²) in [4.78, 5) is 2.19. The number of aliphatic hydroxyl groups excluding tert-OH is 1. The van der Waals surface area contributed by atoms with E-state index in [0.717, 1.165) is 37.6 Å². The highest BCUT2D eigenvalue weighted by atomic mass is 32.1. The highest BCUT2D eigenvalue weighted by Gasteiger charge is 2.22. The molecule has 152 valence electrons. The molecule has 29 heavy (non-hydrogen) atoms. The van der Waals surface area contributed by atoms with Crippen molar-refractivity contribution >= 4 is 12.2 Å². The van der Waals surface area contributed by atoms with Crippen LogP contribution in [0.5, 0.6) is 0 Å². The molecule has 0 aliphatic carbocycles. The Labute approximate surface area is 172 Å². The molecule has 0 amide bonds. The highest BCUT2D eigenvalue weighted by Crippen LogP contribution is 2.25. The van der Waals surface area contributed by atoms with Crippen LogP contribution in [0.4, 0.5) is 8.78 Å². The van der Waals surface area contributed by atoms with Crippen molar-refractivity contribution < 1.29 is 13.9 Å². The average Bonchev–Trinajstić information content (AvgIpc) is 3.05. The van der Waals surface area contributed by atoms with Crippen LogP contribution in [0, 0.1) is 22.3 Å². The zero-order valence-corrected chi connectivity index (χ0v) is 16.7. The molecule has 5 nitrogen and oxygen atoms in total. The first-order valence-corrected chi connectivity index (χ1v) is 10.0. The molecule has 4 rings (SSSR count). The Hall–Kier alpha value is -2.42. The second-order valence-corrected chi connectivity index (χ2v) is 7.68. The number of aliphatic hydroxyl groups is 1. The zero-order valence-electron chi connectivity index (χ0n) is 15.8. The van der Waals surface area contributed by atoms with Crippen molar-refractivity contribution in [3.63, 3.8) is 0 Å². The standard InChI is InChI=1S/C21H22F2N4OS/c22-17-8-9-19(18(23)11-17)27-20(16-6-2-1-3-7-16)24-26(21(27)29)14-25-10-4-5-15(12-25)13-28/h1-3,6-9,11,15,28H,4-5,10,12-14H2/t15-/m1/s1. The summed E-state index contributed by atoms with van der Waals surface area (Å²) in [6, 6.07) is 12.8. The fourth-order valence-electron chi connectivity index (χ4n) is 3.77. The molecule has 1 aromatic heterocycles. The van der Waals surface area contributed by atoms with Crippen LogP contribution in [0.3, 0.4) is 0 Å². The van der Waals surface area contributed by atoms with Gasteiger partial charge in [-0.3, -0.25) is 9.47 Å². The van der Waals surface area contributed by atoms with Crippen LogP contribution in [0.15, 0.2) is 48.5 Å². The molecule has 0 saturated carbocycles. The molecule has 2 aromatic carbocycles. The van der Waals surface area contributed by atoms with Gasteiger partial charge in [0.05, 0.1) is 12.4 Å². The van der Waals surface area contributed by atoms with Crippen molar-refractivity contribution in [3.8, 4) is 17.1 Å². The Balaban J connectivity index is 1.78. The summed E-state index contributed by atoms with van der Waals surface area (Å²) in [5.74, 6) is -0.606. The van der Waals surface area contributed by atoms with E-state index in [1.807, 2.05) is 30.3 Å².